The van der Waals surface area contributed by atoms with Crippen LogP contribution in [0.5, 0.6) is 0 Å². The number of rotatable bonds is 6. The molecule has 1 saturated carbocycles. The van der Waals surface area contributed by atoms with E-state index in [9.17, 15) is 0 Å². The smallest absolute Gasteiger partial charge is 0.0271 e. The van der Waals surface area contributed by atoms with E-state index < -0.39 is 0 Å². The van der Waals surface area contributed by atoms with E-state index in [1.807, 2.05) is 12.4 Å². The van der Waals surface area contributed by atoms with Gasteiger partial charge < -0.3 is 10.2 Å². The van der Waals surface area contributed by atoms with E-state index in [-0.39, 0.29) is 0 Å². The number of aromatic nitrogens is 1. The molecule has 0 radical (unpaired) electrons. The van der Waals surface area contributed by atoms with Crippen molar-refractivity contribution in [3.63, 3.8) is 0 Å². The monoisotopic (exact) mass is 275 g/mol. The minimum Gasteiger partial charge on any atom is -0.319 e. The molecule has 1 N–H and O–H groups in total. The molecule has 112 valence electrons. The largest absolute Gasteiger partial charge is 0.319 e. The molecule has 1 fully saturated rings. The van der Waals surface area contributed by atoms with Gasteiger partial charge in [-0.2, -0.15) is 0 Å². The Labute approximate surface area is 123 Å². The van der Waals surface area contributed by atoms with E-state index in [4.69, 9.17) is 0 Å². The molecule has 0 unspecified atom stereocenters. The Morgan fingerprint density at radius 1 is 1.30 bits per heavy atom. The van der Waals surface area contributed by atoms with Gasteiger partial charge in [-0.05, 0) is 56.0 Å². The van der Waals surface area contributed by atoms with Crippen LogP contribution in [0.15, 0.2) is 24.5 Å². The highest BCUT2D eigenvalue weighted by Crippen LogP contribution is 2.39. The summed E-state index contributed by atoms with van der Waals surface area (Å²) in [6.45, 7) is 5.73. The summed E-state index contributed by atoms with van der Waals surface area (Å²) in [6, 6.07) is 4.23. The number of hydrogen-bond acceptors (Lipinski definition) is 3. The summed E-state index contributed by atoms with van der Waals surface area (Å²) in [5.41, 5.74) is 1.81. The van der Waals surface area contributed by atoms with Gasteiger partial charge in [0.25, 0.3) is 0 Å². The minimum absolute atomic E-state index is 0.461. The van der Waals surface area contributed by atoms with Crippen LogP contribution < -0.4 is 5.32 Å². The van der Waals surface area contributed by atoms with Gasteiger partial charge in [0.05, 0.1) is 0 Å². The summed E-state index contributed by atoms with van der Waals surface area (Å²) >= 11 is 0. The molecule has 0 aliphatic heterocycles. The molecule has 2 rings (SSSR count). The Morgan fingerprint density at radius 3 is 2.55 bits per heavy atom. The van der Waals surface area contributed by atoms with Crippen molar-refractivity contribution in [1.82, 2.24) is 15.2 Å². The van der Waals surface area contributed by atoms with Crippen molar-refractivity contribution in [2.75, 3.05) is 27.2 Å². The Kier molecular flexibility index (Phi) is 5.55. The summed E-state index contributed by atoms with van der Waals surface area (Å²) in [5, 5.41) is 3.43. The van der Waals surface area contributed by atoms with E-state index in [0.29, 0.717) is 5.41 Å². The molecular formula is C17H29N3. The molecule has 0 saturated heterocycles. The van der Waals surface area contributed by atoms with Crippen LogP contribution in [0, 0.1) is 11.3 Å². The van der Waals surface area contributed by atoms with Crippen LogP contribution in [-0.4, -0.2) is 37.1 Å². The Hall–Kier alpha value is -0.930. The fraction of sp³-hybridized carbons (Fsp3) is 0.706. The number of pyridine rings is 1. The molecule has 1 aliphatic carbocycles. The molecule has 3 nitrogen and oxygen atoms in total. The second-order valence-corrected chi connectivity index (χ2v) is 6.74. The minimum atomic E-state index is 0.461. The summed E-state index contributed by atoms with van der Waals surface area (Å²) in [5.74, 6) is 0.908. The molecule has 0 bridgehead atoms. The zero-order valence-electron chi connectivity index (χ0n) is 13.2. The Morgan fingerprint density at radius 2 is 1.95 bits per heavy atom. The summed E-state index contributed by atoms with van der Waals surface area (Å²) in [4.78, 5) is 6.57. The molecule has 1 aromatic rings. The third-order valence-corrected chi connectivity index (χ3v) is 4.69. The zero-order chi connectivity index (χ0) is 14.4. The lowest BCUT2D eigenvalue weighted by Crippen LogP contribution is -2.44. The summed E-state index contributed by atoms with van der Waals surface area (Å²) in [7, 11) is 4.33. The third-order valence-electron chi connectivity index (χ3n) is 4.69. The molecular weight excluding hydrogens is 246 g/mol. The fourth-order valence-electron chi connectivity index (χ4n) is 3.57. The first kappa shape index (κ1) is 15.5. The molecule has 0 spiro atoms. The van der Waals surface area contributed by atoms with Crippen LogP contribution in [0.4, 0.5) is 0 Å². The topological polar surface area (TPSA) is 28.2 Å². The number of nitrogens with zero attached hydrogens (tertiary/aromatic N) is 2. The zero-order valence-corrected chi connectivity index (χ0v) is 13.2. The lowest BCUT2D eigenvalue weighted by atomic mass is 9.70. The van der Waals surface area contributed by atoms with Gasteiger partial charge in [0, 0.05) is 32.0 Å². The van der Waals surface area contributed by atoms with Gasteiger partial charge in [-0.15, -0.1) is 0 Å². The predicted molar refractivity (Wildman–Crippen MR) is 84.6 cm³/mol. The SMILES string of the molecule is CNCC1(CN(C)Cc2ccncc2)CCC(C)CC1. The van der Waals surface area contributed by atoms with E-state index in [1.165, 1.54) is 37.8 Å². The summed E-state index contributed by atoms with van der Waals surface area (Å²) < 4.78 is 0. The average molecular weight is 275 g/mol. The van der Waals surface area contributed by atoms with Crippen LogP contribution in [-0.2, 0) is 6.54 Å². The molecule has 1 aromatic heterocycles. The van der Waals surface area contributed by atoms with Gasteiger partial charge in [0.2, 0.25) is 0 Å². The third kappa shape index (κ3) is 4.29. The molecule has 1 aliphatic rings. The van der Waals surface area contributed by atoms with Crippen LogP contribution in [0.3, 0.4) is 0 Å². The Bertz CT molecular complexity index is 382. The second-order valence-electron chi connectivity index (χ2n) is 6.74. The van der Waals surface area contributed by atoms with Gasteiger partial charge >= 0.3 is 0 Å². The van der Waals surface area contributed by atoms with E-state index in [1.54, 1.807) is 0 Å². The van der Waals surface area contributed by atoms with E-state index >= 15 is 0 Å². The van der Waals surface area contributed by atoms with Crippen LogP contribution in [0.2, 0.25) is 0 Å². The first-order valence-electron chi connectivity index (χ1n) is 7.86. The highest BCUT2D eigenvalue weighted by molar-refractivity contribution is 5.09. The van der Waals surface area contributed by atoms with Gasteiger partial charge in [-0.3, -0.25) is 4.98 Å². The molecule has 0 amide bonds. The standard InChI is InChI=1S/C17H29N3/c1-15-4-8-17(9-5-15,13-18-2)14-20(3)12-16-6-10-19-11-7-16/h6-7,10-11,15,18H,4-5,8-9,12-14H2,1-3H3. The molecule has 20 heavy (non-hydrogen) atoms. The van der Waals surface area contributed by atoms with Crippen molar-refractivity contribution >= 4 is 0 Å². The van der Waals surface area contributed by atoms with Gasteiger partial charge in [0.1, 0.15) is 0 Å². The van der Waals surface area contributed by atoms with Gasteiger partial charge in [0.15, 0.2) is 0 Å². The Balaban J connectivity index is 1.94. The maximum atomic E-state index is 4.09. The van der Waals surface area contributed by atoms with Crippen LogP contribution in [0.25, 0.3) is 0 Å². The van der Waals surface area contributed by atoms with Crippen LogP contribution in [0.1, 0.15) is 38.2 Å². The van der Waals surface area contributed by atoms with Crippen molar-refractivity contribution < 1.29 is 0 Å². The van der Waals surface area contributed by atoms with Crippen LogP contribution >= 0.6 is 0 Å². The number of nitrogens with one attached hydrogen (secondary N) is 1. The van der Waals surface area contributed by atoms with Gasteiger partial charge in [-0.25, -0.2) is 0 Å². The lowest BCUT2D eigenvalue weighted by Gasteiger charge is -2.42. The van der Waals surface area contributed by atoms with Crippen molar-refractivity contribution in [2.24, 2.45) is 11.3 Å². The maximum Gasteiger partial charge on any atom is 0.0271 e. The molecule has 0 aromatic carbocycles. The second kappa shape index (κ2) is 7.19. The normalized spacial score (nSPS) is 26.9. The van der Waals surface area contributed by atoms with Crippen molar-refractivity contribution in [3.05, 3.63) is 30.1 Å². The van der Waals surface area contributed by atoms with Crippen molar-refractivity contribution in [2.45, 2.75) is 39.2 Å². The fourth-order valence-corrected chi connectivity index (χ4v) is 3.57. The predicted octanol–water partition coefficient (Wildman–Crippen LogP) is 2.93. The maximum absolute atomic E-state index is 4.09. The molecule has 0 atom stereocenters. The quantitative estimate of drug-likeness (QED) is 0.865. The van der Waals surface area contributed by atoms with E-state index in [0.717, 1.165) is 19.0 Å². The highest BCUT2D eigenvalue weighted by atomic mass is 15.1. The lowest BCUT2D eigenvalue weighted by molar-refractivity contribution is 0.0979. The highest BCUT2D eigenvalue weighted by Gasteiger charge is 2.34. The summed E-state index contributed by atoms with van der Waals surface area (Å²) in [6.07, 6.45) is 9.24. The van der Waals surface area contributed by atoms with Crippen molar-refractivity contribution in [1.29, 1.82) is 0 Å². The average Bonchev–Trinajstić information content (AvgIpc) is 2.43. The number of hydrogen-bond donors (Lipinski definition) is 1. The van der Waals surface area contributed by atoms with Gasteiger partial charge in [-0.1, -0.05) is 19.8 Å². The molecule has 3 heteroatoms. The van der Waals surface area contributed by atoms with E-state index in [2.05, 4.69) is 48.4 Å². The molecule has 1 heterocycles. The van der Waals surface area contributed by atoms with Crippen molar-refractivity contribution in [3.8, 4) is 0 Å². The first-order valence-corrected chi connectivity index (χ1v) is 7.86. The first-order chi connectivity index (χ1) is 9.63.